The minimum atomic E-state index is -0.833. The van der Waals surface area contributed by atoms with Crippen molar-refractivity contribution in [3.63, 3.8) is 0 Å². The fourth-order valence-corrected chi connectivity index (χ4v) is 3.19. The number of pyridine rings is 1. The van der Waals surface area contributed by atoms with Gasteiger partial charge in [0.1, 0.15) is 5.56 Å². The number of carbonyl (C=O) groups excluding carboxylic acids is 2. The molecule has 1 aromatic carbocycles. The molecule has 2 aromatic heterocycles. The molecule has 0 bridgehead atoms. The van der Waals surface area contributed by atoms with E-state index in [2.05, 4.69) is 4.98 Å². The van der Waals surface area contributed by atoms with Crippen molar-refractivity contribution < 1.29 is 14.3 Å². The molecule has 1 N–H and O–H groups in total. The molecule has 28 heavy (non-hydrogen) atoms. The van der Waals surface area contributed by atoms with Crippen LogP contribution >= 0.6 is 11.6 Å². The lowest BCUT2D eigenvalue weighted by Crippen LogP contribution is -2.21. The van der Waals surface area contributed by atoms with Crippen molar-refractivity contribution in [3.05, 3.63) is 92.1 Å². The lowest BCUT2D eigenvalue weighted by atomic mass is 10.1. The van der Waals surface area contributed by atoms with Gasteiger partial charge in [0.15, 0.2) is 6.61 Å². The van der Waals surface area contributed by atoms with Crippen molar-refractivity contribution >= 4 is 23.4 Å². The lowest BCUT2D eigenvalue weighted by molar-refractivity contribution is 0.0472. The van der Waals surface area contributed by atoms with Crippen LogP contribution in [0.1, 0.15) is 37.7 Å². The number of Topliss-reactive ketones (excluding diaryl/α,β-unsaturated/α-hetero) is 1. The molecule has 0 radical (unpaired) electrons. The number of hydrogen-bond acceptors (Lipinski definition) is 4. The van der Waals surface area contributed by atoms with Gasteiger partial charge in [-0.15, -0.1) is 0 Å². The van der Waals surface area contributed by atoms with Crippen LogP contribution in [0.15, 0.2) is 53.5 Å². The molecule has 3 rings (SSSR count). The maximum absolute atomic E-state index is 12.6. The van der Waals surface area contributed by atoms with Gasteiger partial charge in [-0.1, -0.05) is 29.8 Å². The van der Waals surface area contributed by atoms with Crippen molar-refractivity contribution in [3.8, 4) is 0 Å². The Hall–Kier alpha value is -3.12. The summed E-state index contributed by atoms with van der Waals surface area (Å²) in [6.07, 6.45) is 1.41. The summed E-state index contributed by atoms with van der Waals surface area (Å²) in [6, 6.07) is 12.2. The second-order valence-corrected chi connectivity index (χ2v) is 6.78. The van der Waals surface area contributed by atoms with Gasteiger partial charge in [0.2, 0.25) is 5.78 Å². The third-order valence-electron chi connectivity index (χ3n) is 4.53. The number of nitrogens with one attached hydrogen (secondary N) is 1. The molecule has 0 spiro atoms. The quantitative estimate of drug-likeness (QED) is 0.508. The number of ether oxygens (including phenoxy) is 1. The maximum Gasteiger partial charge on any atom is 0.344 e. The molecular weight excluding hydrogens is 380 g/mol. The summed E-state index contributed by atoms with van der Waals surface area (Å²) in [4.78, 5) is 38.6. The fourth-order valence-electron chi connectivity index (χ4n) is 2.99. The molecule has 6 nitrogen and oxygen atoms in total. The third kappa shape index (κ3) is 4.07. The smallest absolute Gasteiger partial charge is 0.344 e. The second-order valence-electron chi connectivity index (χ2n) is 6.37. The molecule has 0 unspecified atom stereocenters. The van der Waals surface area contributed by atoms with Crippen LogP contribution in [0.5, 0.6) is 0 Å². The Bertz CT molecular complexity index is 1100. The number of rotatable bonds is 6. The number of benzene rings is 1. The summed E-state index contributed by atoms with van der Waals surface area (Å²) in [7, 11) is 0. The van der Waals surface area contributed by atoms with E-state index in [-0.39, 0.29) is 11.3 Å². The van der Waals surface area contributed by atoms with Gasteiger partial charge < -0.3 is 14.3 Å². The van der Waals surface area contributed by atoms with E-state index >= 15 is 0 Å². The molecule has 3 aromatic rings. The van der Waals surface area contributed by atoms with Gasteiger partial charge in [-0.2, -0.15) is 0 Å². The molecule has 2 heterocycles. The van der Waals surface area contributed by atoms with Gasteiger partial charge in [-0.05, 0) is 43.7 Å². The molecule has 0 saturated heterocycles. The Labute approximate surface area is 166 Å². The summed E-state index contributed by atoms with van der Waals surface area (Å²) in [6.45, 7) is 3.82. The Kier molecular flexibility index (Phi) is 5.80. The van der Waals surface area contributed by atoms with E-state index in [1.165, 1.54) is 18.3 Å². The van der Waals surface area contributed by atoms with Crippen molar-refractivity contribution in [2.24, 2.45) is 0 Å². The Morgan fingerprint density at radius 1 is 1.11 bits per heavy atom. The van der Waals surface area contributed by atoms with Crippen LogP contribution in [0, 0.1) is 13.8 Å². The highest BCUT2D eigenvalue weighted by Crippen LogP contribution is 2.21. The van der Waals surface area contributed by atoms with Crippen LogP contribution in [-0.4, -0.2) is 27.9 Å². The van der Waals surface area contributed by atoms with Crippen LogP contribution in [0.4, 0.5) is 0 Å². The van der Waals surface area contributed by atoms with E-state index in [4.69, 9.17) is 16.3 Å². The van der Waals surface area contributed by atoms with Gasteiger partial charge in [-0.25, -0.2) is 4.79 Å². The highest BCUT2D eigenvalue weighted by atomic mass is 35.5. The van der Waals surface area contributed by atoms with Crippen LogP contribution in [0.2, 0.25) is 5.02 Å². The lowest BCUT2D eigenvalue weighted by Gasteiger charge is -2.11. The molecular formula is C21H19ClN2O4. The normalized spacial score (nSPS) is 10.7. The molecule has 7 heteroatoms. The Balaban J connectivity index is 1.74. The molecule has 144 valence electrons. The first-order chi connectivity index (χ1) is 13.4. The maximum atomic E-state index is 12.6. The number of halogens is 1. The topological polar surface area (TPSA) is 81.2 Å². The van der Waals surface area contributed by atoms with Gasteiger partial charge in [0, 0.05) is 34.7 Å². The second kappa shape index (κ2) is 8.27. The van der Waals surface area contributed by atoms with Gasteiger partial charge in [-0.3, -0.25) is 9.59 Å². The number of hydrogen-bond donors (Lipinski definition) is 1. The van der Waals surface area contributed by atoms with E-state index in [1.54, 1.807) is 6.07 Å². The molecule has 0 atom stereocenters. The van der Waals surface area contributed by atoms with Crippen LogP contribution in [0.25, 0.3) is 0 Å². The number of H-pyrrole nitrogens is 1. The van der Waals surface area contributed by atoms with Gasteiger partial charge in [0.25, 0.3) is 5.56 Å². The zero-order valence-corrected chi connectivity index (χ0v) is 16.2. The molecule has 0 aliphatic rings. The minimum Gasteiger partial charge on any atom is -0.454 e. The first-order valence-electron chi connectivity index (χ1n) is 8.66. The largest absolute Gasteiger partial charge is 0.454 e. The monoisotopic (exact) mass is 398 g/mol. The summed E-state index contributed by atoms with van der Waals surface area (Å²) in [5.41, 5.74) is 2.37. The summed E-state index contributed by atoms with van der Waals surface area (Å²) in [5, 5.41) is 0.657. The Morgan fingerprint density at radius 3 is 2.57 bits per heavy atom. The van der Waals surface area contributed by atoms with Crippen LogP contribution < -0.4 is 5.56 Å². The standard InChI is InChI=1S/C21H19ClN2O4/c1-13-10-17(14(2)24(13)11-15-6-3-4-8-18(15)22)19(25)12-28-21(27)16-7-5-9-23-20(16)26/h3-10H,11-12H2,1-2H3,(H,23,26). The average molecular weight is 399 g/mol. The third-order valence-corrected chi connectivity index (χ3v) is 4.90. The summed E-state index contributed by atoms with van der Waals surface area (Å²) < 4.78 is 7.01. The number of aryl methyl sites for hydroxylation is 1. The zero-order valence-electron chi connectivity index (χ0n) is 15.5. The molecule has 0 saturated carbocycles. The Morgan fingerprint density at radius 2 is 1.86 bits per heavy atom. The van der Waals surface area contributed by atoms with E-state index in [0.29, 0.717) is 17.1 Å². The number of nitrogens with zero attached hydrogens (tertiary/aromatic N) is 1. The van der Waals surface area contributed by atoms with E-state index < -0.39 is 18.1 Å². The fraction of sp³-hybridized carbons (Fsp3) is 0.190. The molecule has 0 aliphatic carbocycles. The number of aromatic amines is 1. The molecule has 0 amide bonds. The number of ketones is 1. The highest BCUT2D eigenvalue weighted by Gasteiger charge is 2.19. The zero-order chi connectivity index (χ0) is 20.3. The predicted molar refractivity (Wildman–Crippen MR) is 106 cm³/mol. The molecule has 0 fully saturated rings. The first kappa shape index (κ1) is 19.6. The van der Waals surface area contributed by atoms with Crippen molar-refractivity contribution in [1.29, 1.82) is 0 Å². The van der Waals surface area contributed by atoms with Crippen molar-refractivity contribution in [2.45, 2.75) is 20.4 Å². The number of esters is 1. The van der Waals surface area contributed by atoms with Crippen molar-refractivity contribution in [2.75, 3.05) is 6.61 Å². The highest BCUT2D eigenvalue weighted by molar-refractivity contribution is 6.31. The van der Waals surface area contributed by atoms with Crippen molar-refractivity contribution in [1.82, 2.24) is 9.55 Å². The predicted octanol–water partition coefficient (Wildman–Crippen LogP) is 3.53. The first-order valence-corrected chi connectivity index (χ1v) is 9.04. The van der Waals surface area contributed by atoms with Crippen LogP contribution in [0.3, 0.4) is 0 Å². The average Bonchev–Trinajstić information content (AvgIpc) is 2.96. The summed E-state index contributed by atoms with van der Waals surface area (Å²) >= 11 is 6.24. The van der Waals surface area contributed by atoms with Gasteiger partial charge >= 0.3 is 5.97 Å². The van der Waals surface area contributed by atoms with Gasteiger partial charge in [0.05, 0.1) is 0 Å². The SMILES string of the molecule is Cc1cc(C(=O)COC(=O)c2ccc[nH]c2=O)c(C)n1Cc1ccccc1Cl. The van der Waals surface area contributed by atoms with E-state index in [9.17, 15) is 14.4 Å². The summed E-state index contributed by atoms with van der Waals surface area (Å²) in [5.74, 6) is -1.17. The van der Waals surface area contributed by atoms with E-state index in [0.717, 1.165) is 17.0 Å². The number of aromatic nitrogens is 2. The minimum absolute atomic E-state index is 0.139. The van der Waals surface area contributed by atoms with E-state index in [1.807, 2.05) is 42.7 Å². The molecule has 0 aliphatic heterocycles. The number of carbonyl (C=O) groups is 2. The van der Waals surface area contributed by atoms with Crippen LogP contribution in [-0.2, 0) is 11.3 Å².